The number of nitrogens with zero attached hydrogens (tertiary/aromatic N) is 3. The van der Waals surface area contributed by atoms with E-state index in [1.165, 1.54) is 19.3 Å². The zero-order valence-corrected chi connectivity index (χ0v) is 12.2. The number of nitrogens with two attached hydrogens (primary N) is 1. The first kappa shape index (κ1) is 13.2. The molecule has 0 aliphatic heterocycles. The van der Waals surface area contributed by atoms with Gasteiger partial charge >= 0.3 is 0 Å². The highest BCUT2D eigenvalue weighted by Crippen LogP contribution is 2.43. The molecular weight excluding hydrogens is 248 g/mol. The minimum absolute atomic E-state index is 0.525. The summed E-state index contributed by atoms with van der Waals surface area (Å²) < 4.78 is 2.30. The van der Waals surface area contributed by atoms with Crippen molar-refractivity contribution in [3.8, 4) is 11.3 Å². The maximum absolute atomic E-state index is 6.09. The summed E-state index contributed by atoms with van der Waals surface area (Å²) in [5.74, 6) is 1.51. The van der Waals surface area contributed by atoms with Crippen LogP contribution in [0.4, 0.5) is 5.69 Å². The van der Waals surface area contributed by atoms with Crippen molar-refractivity contribution in [1.82, 2.24) is 14.5 Å². The van der Waals surface area contributed by atoms with Crippen LogP contribution >= 0.6 is 0 Å². The lowest BCUT2D eigenvalue weighted by molar-refractivity contribution is 0.331. The molecule has 2 N–H and O–H groups in total. The molecular formula is C16H22N4. The van der Waals surface area contributed by atoms with Crippen LogP contribution in [0.25, 0.3) is 11.3 Å². The van der Waals surface area contributed by atoms with Crippen LogP contribution < -0.4 is 5.73 Å². The van der Waals surface area contributed by atoms with E-state index in [-0.39, 0.29) is 0 Å². The molecule has 3 unspecified atom stereocenters. The Morgan fingerprint density at radius 3 is 2.85 bits per heavy atom. The molecule has 2 aromatic heterocycles. The normalized spacial score (nSPS) is 26.0. The second-order valence-electron chi connectivity index (χ2n) is 5.82. The molecule has 1 aliphatic rings. The van der Waals surface area contributed by atoms with Gasteiger partial charge in [0.15, 0.2) is 0 Å². The number of hydrogen-bond acceptors (Lipinski definition) is 3. The van der Waals surface area contributed by atoms with Gasteiger partial charge in [0.2, 0.25) is 0 Å². The van der Waals surface area contributed by atoms with Crippen molar-refractivity contribution in [2.45, 2.75) is 39.2 Å². The molecule has 1 aliphatic carbocycles. The fraction of sp³-hybridized carbons (Fsp3) is 0.500. The van der Waals surface area contributed by atoms with Crippen molar-refractivity contribution < 1.29 is 0 Å². The van der Waals surface area contributed by atoms with Gasteiger partial charge in [-0.15, -0.1) is 0 Å². The molecule has 3 atom stereocenters. The Kier molecular flexibility index (Phi) is 3.47. The molecule has 1 saturated carbocycles. The Hall–Kier alpha value is -1.84. The summed E-state index contributed by atoms with van der Waals surface area (Å²) in [7, 11) is 0. The van der Waals surface area contributed by atoms with Gasteiger partial charge < -0.3 is 10.3 Å². The average Bonchev–Trinajstić information content (AvgIpc) is 3.05. The monoisotopic (exact) mass is 270 g/mol. The van der Waals surface area contributed by atoms with Gasteiger partial charge in [0, 0.05) is 29.7 Å². The number of pyridine rings is 1. The van der Waals surface area contributed by atoms with Gasteiger partial charge in [0.25, 0.3) is 0 Å². The number of aromatic nitrogens is 3. The van der Waals surface area contributed by atoms with Crippen molar-refractivity contribution >= 4 is 5.69 Å². The number of nitrogen functional groups attached to an aromatic ring is 1. The molecule has 0 radical (unpaired) electrons. The quantitative estimate of drug-likeness (QED) is 0.928. The molecule has 2 heterocycles. The molecule has 4 heteroatoms. The van der Waals surface area contributed by atoms with Crippen molar-refractivity contribution in [3.05, 3.63) is 31.0 Å². The second-order valence-corrected chi connectivity index (χ2v) is 5.82. The van der Waals surface area contributed by atoms with Crippen molar-refractivity contribution in [2.24, 2.45) is 11.8 Å². The second kappa shape index (κ2) is 5.27. The lowest BCUT2D eigenvalue weighted by Gasteiger charge is -2.23. The largest absolute Gasteiger partial charge is 0.398 e. The van der Waals surface area contributed by atoms with Crippen LogP contribution in [0.5, 0.6) is 0 Å². The summed E-state index contributed by atoms with van der Waals surface area (Å²) >= 11 is 0. The zero-order valence-electron chi connectivity index (χ0n) is 12.2. The smallest absolute Gasteiger partial charge is 0.0953 e. The van der Waals surface area contributed by atoms with Gasteiger partial charge in [-0.3, -0.25) is 4.98 Å². The van der Waals surface area contributed by atoms with E-state index < -0.39 is 0 Å². The third-order valence-corrected chi connectivity index (χ3v) is 4.86. The topological polar surface area (TPSA) is 56.7 Å². The minimum atomic E-state index is 0.525. The molecule has 0 amide bonds. The molecule has 0 bridgehead atoms. The summed E-state index contributed by atoms with van der Waals surface area (Å²) in [6.07, 6.45) is 11.2. The highest BCUT2D eigenvalue weighted by atomic mass is 15.1. The first-order chi connectivity index (χ1) is 9.72. The third kappa shape index (κ3) is 2.09. The number of rotatable bonds is 3. The Labute approximate surface area is 120 Å². The fourth-order valence-corrected chi connectivity index (χ4v) is 3.59. The van der Waals surface area contributed by atoms with E-state index in [1.54, 1.807) is 6.20 Å². The zero-order chi connectivity index (χ0) is 14.1. The summed E-state index contributed by atoms with van der Waals surface area (Å²) in [6, 6.07) is 2.37. The molecule has 106 valence electrons. The number of imidazole rings is 1. The van der Waals surface area contributed by atoms with Crippen LogP contribution in [-0.4, -0.2) is 14.5 Å². The Morgan fingerprint density at radius 1 is 1.30 bits per heavy atom. The molecule has 2 aromatic rings. The predicted octanol–water partition coefficient (Wildman–Crippen LogP) is 3.52. The van der Waals surface area contributed by atoms with Gasteiger partial charge in [-0.1, -0.05) is 20.3 Å². The van der Waals surface area contributed by atoms with Crippen molar-refractivity contribution in [3.63, 3.8) is 0 Å². The Morgan fingerprint density at radius 2 is 2.15 bits per heavy atom. The van der Waals surface area contributed by atoms with Crippen LogP contribution in [0.2, 0.25) is 0 Å². The Bertz CT molecular complexity index is 590. The predicted molar refractivity (Wildman–Crippen MR) is 81.1 cm³/mol. The molecule has 4 nitrogen and oxygen atoms in total. The molecule has 0 saturated heterocycles. The van der Waals surface area contributed by atoms with Crippen LogP contribution in [-0.2, 0) is 0 Å². The highest BCUT2D eigenvalue weighted by molar-refractivity contribution is 5.72. The van der Waals surface area contributed by atoms with E-state index in [1.807, 2.05) is 24.8 Å². The van der Waals surface area contributed by atoms with Crippen molar-refractivity contribution in [1.29, 1.82) is 0 Å². The summed E-state index contributed by atoms with van der Waals surface area (Å²) in [5, 5.41) is 0. The van der Waals surface area contributed by atoms with Gasteiger partial charge in [-0.25, -0.2) is 4.98 Å². The van der Waals surface area contributed by atoms with Gasteiger partial charge in [0.05, 0.1) is 18.2 Å². The van der Waals surface area contributed by atoms with E-state index >= 15 is 0 Å². The highest BCUT2D eigenvalue weighted by Gasteiger charge is 2.33. The van der Waals surface area contributed by atoms with E-state index in [2.05, 4.69) is 28.4 Å². The average molecular weight is 270 g/mol. The van der Waals surface area contributed by atoms with E-state index in [9.17, 15) is 0 Å². The first-order valence-electron chi connectivity index (χ1n) is 7.44. The van der Waals surface area contributed by atoms with Crippen LogP contribution in [0, 0.1) is 11.8 Å². The lowest BCUT2D eigenvalue weighted by atomic mass is 9.93. The van der Waals surface area contributed by atoms with Crippen molar-refractivity contribution in [2.75, 3.05) is 5.73 Å². The maximum atomic E-state index is 6.09. The minimum Gasteiger partial charge on any atom is -0.398 e. The summed E-state index contributed by atoms with van der Waals surface area (Å²) in [4.78, 5) is 8.55. The maximum Gasteiger partial charge on any atom is 0.0953 e. The lowest BCUT2D eigenvalue weighted by Crippen LogP contribution is -2.16. The van der Waals surface area contributed by atoms with E-state index in [4.69, 9.17) is 5.73 Å². The van der Waals surface area contributed by atoms with E-state index in [0.717, 1.165) is 22.9 Å². The number of anilines is 1. The molecule has 20 heavy (non-hydrogen) atoms. The molecule has 3 rings (SSSR count). The first-order valence-corrected chi connectivity index (χ1v) is 7.44. The number of hydrogen-bond donors (Lipinski definition) is 1. The van der Waals surface area contributed by atoms with E-state index in [0.29, 0.717) is 12.0 Å². The fourth-order valence-electron chi connectivity index (χ4n) is 3.59. The summed E-state index contributed by atoms with van der Waals surface area (Å²) in [6.45, 7) is 4.65. The van der Waals surface area contributed by atoms with Gasteiger partial charge in [-0.2, -0.15) is 0 Å². The van der Waals surface area contributed by atoms with Crippen LogP contribution in [0.3, 0.4) is 0 Å². The molecule has 0 aromatic carbocycles. The Balaban J connectivity index is 1.98. The van der Waals surface area contributed by atoms with Crippen LogP contribution in [0.15, 0.2) is 31.0 Å². The van der Waals surface area contributed by atoms with Crippen LogP contribution in [0.1, 0.15) is 39.2 Å². The molecule has 0 spiro atoms. The third-order valence-electron chi connectivity index (χ3n) is 4.86. The standard InChI is InChI=1S/C16H22N4/c1-3-12-4-5-15(11(12)2)20-10-19-9-16(20)13-8-18-7-6-14(13)17/h6-12,15H,3-5H2,1-2H3,(H2,17,18). The van der Waals surface area contributed by atoms with Gasteiger partial charge in [-0.05, 0) is 30.7 Å². The summed E-state index contributed by atoms with van der Waals surface area (Å²) in [5.41, 5.74) is 8.92. The molecule has 1 fully saturated rings. The SMILES string of the molecule is CCC1CCC(n2cncc2-c2cnccc2N)C1C. The van der Waals surface area contributed by atoms with Gasteiger partial charge in [0.1, 0.15) is 0 Å².